The first-order chi connectivity index (χ1) is 6.15. The van der Waals surface area contributed by atoms with Gasteiger partial charge < -0.3 is 4.74 Å². The Kier molecular flexibility index (Phi) is 3.22. The fourth-order valence-electron chi connectivity index (χ4n) is 0.967. The Labute approximate surface area is 83.7 Å². The molecule has 68 valence electrons. The SMILES string of the molecule is C#Cc1cccc(OC(C)C)c1Cl. The Balaban J connectivity index is 3.03. The molecule has 0 heterocycles. The average molecular weight is 195 g/mol. The van der Waals surface area contributed by atoms with Crippen LogP contribution in [0.3, 0.4) is 0 Å². The molecule has 13 heavy (non-hydrogen) atoms. The quantitative estimate of drug-likeness (QED) is 0.658. The third kappa shape index (κ3) is 2.40. The van der Waals surface area contributed by atoms with Gasteiger partial charge in [-0.25, -0.2) is 0 Å². The van der Waals surface area contributed by atoms with Crippen molar-refractivity contribution >= 4 is 11.6 Å². The molecule has 0 amide bonds. The monoisotopic (exact) mass is 194 g/mol. The summed E-state index contributed by atoms with van der Waals surface area (Å²) in [5.41, 5.74) is 0.666. The number of ether oxygens (including phenoxy) is 1. The molecule has 1 aromatic carbocycles. The van der Waals surface area contributed by atoms with Crippen LogP contribution in [-0.2, 0) is 0 Å². The Morgan fingerprint density at radius 1 is 1.46 bits per heavy atom. The summed E-state index contributed by atoms with van der Waals surface area (Å²) >= 11 is 5.99. The number of terminal acetylenes is 1. The Morgan fingerprint density at radius 3 is 2.69 bits per heavy atom. The van der Waals surface area contributed by atoms with Crippen molar-refractivity contribution < 1.29 is 4.74 Å². The molecule has 0 fully saturated rings. The summed E-state index contributed by atoms with van der Waals surface area (Å²) in [5.74, 6) is 3.14. The first kappa shape index (κ1) is 9.95. The molecule has 0 atom stereocenters. The summed E-state index contributed by atoms with van der Waals surface area (Å²) < 4.78 is 5.46. The van der Waals surface area contributed by atoms with E-state index in [9.17, 15) is 0 Å². The van der Waals surface area contributed by atoms with Gasteiger partial charge in [-0.15, -0.1) is 6.42 Å². The molecule has 0 N–H and O–H groups in total. The number of hydrogen-bond acceptors (Lipinski definition) is 1. The molecule has 2 heteroatoms. The van der Waals surface area contributed by atoms with E-state index in [-0.39, 0.29) is 6.10 Å². The van der Waals surface area contributed by atoms with Crippen molar-refractivity contribution in [2.75, 3.05) is 0 Å². The molecule has 0 aliphatic carbocycles. The average Bonchev–Trinajstić information content (AvgIpc) is 2.08. The van der Waals surface area contributed by atoms with Gasteiger partial charge in [0.1, 0.15) is 5.75 Å². The molecule has 1 aromatic rings. The Bertz CT molecular complexity index is 336. The van der Waals surface area contributed by atoms with Crippen molar-refractivity contribution in [1.82, 2.24) is 0 Å². The van der Waals surface area contributed by atoms with E-state index >= 15 is 0 Å². The van der Waals surface area contributed by atoms with E-state index in [2.05, 4.69) is 5.92 Å². The van der Waals surface area contributed by atoms with E-state index in [0.717, 1.165) is 0 Å². The third-order valence-corrected chi connectivity index (χ3v) is 1.87. The second-order valence-corrected chi connectivity index (χ2v) is 3.31. The molecule has 0 unspecified atom stereocenters. The van der Waals surface area contributed by atoms with Crippen molar-refractivity contribution in [3.05, 3.63) is 28.8 Å². The van der Waals surface area contributed by atoms with Crippen molar-refractivity contribution in [2.45, 2.75) is 20.0 Å². The number of halogens is 1. The maximum Gasteiger partial charge on any atom is 0.139 e. The van der Waals surface area contributed by atoms with E-state index in [1.807, 2.05) is 26.0 Å². The summed E-state index contributed by atoms with van der Waals surface area (Å²) in [6.07, 6.45) is 5.36. The van der Waals surface area contributed by atoms with Crippen LogP contribution < -0.4 is 4.74 Å². The molecular formula is C11H11ClO. The summed E-state index contributed by atoms with van der Waals surface area (Å²) in [6.45, 7) is 3.89. The van der Waals surface area contributed by atoms with Gasteiger partial charge in [-0.05, 0) is 26.0 Å². The van der Waals surface area contributed by atoms with Gasteiger partial charge in [0.05, 0.1) is 11.1 Å². The smallest absolute Gasteiger partial charge is 0.139 e. The summed E-state index contributed by atoms with van der Waals surface area (Å²) in [6, 6.07) is 5.43. The van der Waals surface area contributed by atoms with E-state index in [1.54, 1.807) is 6.07 Å². The highest BCUT2D eigenvalue weighted by Gasteiger charge is 2.06. The predicted octanol–water partition coefficient (Wildman–Crippen LogP) is 3.11. The third-order valence-electron chi connectivity index (χ3n) is 1.48. The molecule has 0 aliphatic heterocycles. The van der Waals surface area contributed by atoms with Crippen LogP contribution in [0.15, 0.2) is 18.2 Å². The van der Waals surface area contributed by atoms with E-state index < -0.39 is 0 Å². The van der Waals surface area contributed by atoms with E-state index in [0.29, 0.717) is 16.3 Å². The van der Waals surface area contributed by atoms with Crippen LogP contribution in [0, 0.1) is 12.3 Å². The summed E-state index contributed by atoms with van der Waals surface area (Å²) in [4.78, 5) is 0. The van der Waals surface area contributed by atoms with Crippen molar-refractivity contribution in [1.29, 1.82) is 0 Å². The lowest BCUT2D eigenvalue weighted by molar-refractivity contribution is 0.242. The predicted molar refractivity (Wildman–Crippen MR) is 55.2 cm³/mol. The molecule has 0 spiro atoms. The molecule has 1 rings (SSSR count). The van der Waals surface area contributed by atoms with Crippen LogP contribution in [0.2, 0.25) is 5.02 Å². The van der Waals surface area contributed by atoms with Crippen LogP contribution in [0.5, 0.6) is 5.75 Å². The zero-order chi connectivity index (χ0) is 9.84. The fourth-order valence-corrected chi connectivity index (χ4v) is 1.19. The molecule has 1 nitrogen and oxygen atoms in total. The van der Waals surface area contributed by atoms with Gasteiger partial charge in [0, 0.05) is 5.56 Å². The second-order valence-electron chi connectivity index (χ2n) is 2.93. The maximum atomic E-state index is 5.99. The van der Waals surface area contributed by atoms with Gasteiger partial charge in [0.25, 0.3) is 0 Å². The zero-order valence-electron chi connectivity index (χ0n) is 7.67. The zero-order valence-corrected chi connectivity index (χ0v) is 8.43. The number of hydrogen-bond donors (Lipinski definition) is 0. The number of rotatable bonds is 2. The molecule has 0 saturated heterocycles. The minimum atomic E-state index is 0.102. The summed E-state index contributed by atoms with van der Waals surface area (Å²) in [7, 11) is 0. The first-order valence-electron chi connectivity index (χ1n) is 4.07. The second kappa shape index (κ2) is 4.20. The molecule has 0 aromatic heterocycles. The molecule has 0 bridgehead atoms. The van der Waals surface area contributed by atoms with Crippen molar-refractivity contribution in [3.63, 3.8) is 0 Å². The Morgan fingerprint density at radius 2 is 2.15 bits per heavy atom. The van der Waals surface area contributed by atoms with Crippen LogP contribution in [0.25, 0.3) is 0 Å². The van der Waals surface area contributed by atoms with Gasteiger partial charge in [-0.2, -0.15) is 0 Å². The largest absolute Gasteiger partial charge is 0.489 e. The van der Waals surface area contributed by atoms with Crippen LogP contribution in [0.4, 0.5) is 0 Å². The standard InChI is InChI=1S/C11H11ClO/c1-4-9-6-5-7-10(11(9)12)13-8(2)3/h1,5-8H,2-3H3. The fraction of sp³-hybridized carbons (Fsp3) is 0.273. The van der Waals surface area contributed by atoms with Crippen LogP contribution in [-0.4, -0.2) is 6.10 Å². The van der Waals surface area contributed by atoms with Crippen molar-refractivity contribution in [2.24, 2.45) is 0 Å². The Hall–Kier alpha value is -1.13. The van der Waals surface area contributed by atoms with E-state index in [1.165, 1.54) is 0 Å². The lowest BCUT2D eigenvalue weighted by atomic mass is 10.2. The maximum absolute atomic E-state index is 5.99. The first-order valence-corrected chi connectivity index (χ1v) is 4.44. The van der Waals surface area contributed by atoms with Crippen LogP contribution >= 0.6 is 11.6 Å². The highest BCUT2D eigenvalue weighted by Crippen LogP contribution is 2.28. The lowest BCUT2D eigenvalue weighted by Crippen LogP contribution is -2.06. The molecule has 0 aliphatic rings. The minimum Gasteiger partial charge on any atom is -0.489 e. The lowest BCUT2D eigenvalue weighted by Gasteiger charge is -2.11. The molecular weight excluding hydrogens is 184 g/mol. The highest BCUT2D eigenvalue weighted by atomic mass is 35.5. The van der Waals surface area contributed by atoms with Gasteiger partial charge in [0.15, 0.2) is 0 Å². The normalized spacial score (nSPS) is 9.77. The summed E-state index contributed by atoms with van der Waals surface area (Å²) in [5, 5.41) is 0.513. The van der Waals surface area contributed by atoms with Crippen molar-refractivity contribution in [3.8, 4) is 18.1 Å². The van der Waals surface area contributed by atoms with Gasteiger partial charge in [-0.3, -0.25) is 0 Å². The molecule has 0 radical (unpaired) electrons. The van der Waals surface area contributed by atoms with Crippen LogP contribution in [0.1, 0.15) is 19.4 Å². The molecule has 0 saturated carbocycles. The van der Waals surface area contributed by atoms with E-state index in [4.69, 9.17) is 22.8 Å². The minimum absolute atomic E-state index is 0.102. The van der Waals surface area contributed by atoms with Gasteiger partial charge in [-0.1, -0.05) is 23.6 Å². The topological polar surface area (TPSA) is 9.23 Å². The number of benzene rings is 1. The van der Waals surface area contributed by atoms with Gasteiger partial charge >= 0.3 is 0 Å². The van der Waals surface area contributed by atoms with Gasteiger partial charge in [0.2, 0.25) is 0 Å². The highest BCUT2D eigenvalue weighted by molar-refractivity contribution is 6.33.